The van der Waals surface area contributed by atoms with Gasteiger partial charge in [0.1, 0.15) is 0 Å². The van der Waals surface area contributed by atoms with E-state index in [1.165, 1.54) is 64.2 Å². The third-order valence-corrected chi connectivity index (χ3v) is 8.37. The summed E-state index contributed by atoms with van der Waals surface area (Å²) in [6.45, 7) is 15.2. The van der Waals surface area contributed by atoms with Gasteiger partial charge >= 0.3 is 0 Å². The Morgan fingerprint density at radius 1 is 0.677 bits per heavy atom. The van der Waals surface area contributed by atoms with Crippen molar-refractivity contribution in [2.75, 3.05) is 31.9 Å². The van der Waals surface area contributed by atoms with Crippen LogP contribution in [0.2, 0.25) is 0 Å². The van der Waals surface area contributed by atoms with E-state index in [2.05, 4.69) is 32.4 Å². The summed E-state index contributed by atoms with van der Waals surface area (Å²) >= 11 is 0. The van der Waals surface area contributed by atoms with Crippen LogP contribution in [0.3, 0.4) is 0 Å². The van der Waals surface area contributed by atoms with Gasteiger partial charge in [0.2, 0.25) is 0 Å². The van der Waals surface area contributed by atoms with Crippen LogP contribution in [-0.2, 0) is 10.0 Å². The number of sulfonamides is 1. The zero-order chi connectivity index (χ0) is 22.7. The average molecular weight is 575 g/mol. The Morgan fingerprint density at radius 3 is 1.45 bits per heavy atom. The summed E-state index contributed by atoms with van der Waals surface area (Å²) in [4.78, 5) is 0. The first-order chi connectivity index (χ1) is 14.3. The van der Waals surface area contributed by atoms with Gasteiger partial charge in [-0.15, -0.1) is 30.0 Å². The minimum Gasteiger partial charge on any atom is -0.546 e. The molecule has 0 aromatic rings. The third-order valence-electron chi connectivity index (χ3n) is 6.88. The van der Waals surface area contributed by atoms with E-state index in [0.717, 1.165) is 56.3 Å². The highest BCUT2D eigenvalue weighted by atomic mass is 127. The average Bonchev–Trinajstić information content (AvgIpc) is 2.72. The largest absolute Gasteiger partial charge is 0.546 e. The second-order valence-corrected chi connectivity index (χ2v) is 11.1. The molecular formula is C25H55IN2O2S. The Bertz CT molecular complexity index is 474. The molecular weight excluding hydrogens is 519 g/mol. The van der Waals surface area contributed by atoms with Gasteiger partial charge in [0.05, 0.1) is 36.2 Å². The van der Waals surface area contributed by atoms with E-state index >= 15 is 0 Å². The molecule has 0 fully saturated rings. The van der Waals surface area contributed by atoms with Gasteiger partial charge < -0.3 is 9.21 Å². The van der Waals surface area contributed by atoms with E-state index in [4.69, 9.17) is 0 Å². The van der Waals surface area contributed by atoms with Gasteiger partial charge in [0.25, 0.3) is 0 Å². The number of quaternary nitrogens is 1. The lowest BCUT2D eigenvalue weighted by Gasteiger charge is -2.38. The molecule has 0 N–H and O–H groups in total. The number of hydrogen-bond acceptors (Lipinski definition) is 2. The van der Waals surface area contributed by atoms with Crippen LogP contribution in [-0.4, -0.2) is 50.9 Å². The number of unbranched alkanes of at least 4 members (excludes halogenated alkanes) is 12. The number of halogens is 1. The quantitative estimate of drug-likeness (QED) is 0.0746. The monoisotopic (exact) mass is 574 g/mol. The summed E-state index contributed by atoms with van der Waals surface area (Å²) in [7, 11) is -3.27. The van der Waals surface area contributed by atoms with Crippen LogP contribution in [0, 0.1) is 0 Å². The van der Waals surface area contributed by atoms with E-state index in [0.29, 0.717) is 0 Å². The van der Waals surface area contributed by atoms with Crippen molar-refractivity contribution in [3.63, 3.8) is 0 Å². The summed E-state index contributed by atoms with van der Waals surface area (Å²) in [6, 6.07) is -0.0980. The van der Waals surface area contributed by atoms with E-state index in [1.807, 2.05) is 6.92 Å². The zero-order valence-electron chi connectivity index (χ0n) is 21.5. The summed E-state index contributed by atoms with van der Waals surface area (Å²) < 4.78 is 29.8. The first-order valence-electron chi connectivity index (χ1n) is 13.1. The molecule has 0 radical (unpaired) electrons. The van der Waals surface area contributed by atoms with E-state index in [1.54, 1.807) is 0 Å². The van der Waals surface area contributed by atoms with Gasteiger partial charge in [-0.05, 0) is 33.6 Å². The molecule has 4 nitrogen and oxygen atoms in total. The van der Waals surface area contributed by atoms with Crippen LogP contribution in [0.1, 0.15) is 125 Å². The Morgan fingerprint density at radius 2 is 1.06 bits per heavy atom. The topological polar surface area (TPSA) is 48.2 Å². The van der Waals surface area contributed by atoms with Gasteiger partial charge in [-0.2, -0.15) is 0 Å². The highest BCUT2D eigenvalue weighted by Gasteiger charge is 2.20. The van der Waals surface area contributed by atoms with Crippen LogP contribution < -0.4 is 0 Å². The Kier molecular flexibility index (Phi) is 23.0. The molecule has 1 atom stereocenters. The molecule has 1 unspecified atom stereocenters. The predicted molar refractivity (Wildman–Crippen MR) is 149 cm³/mol. The molecule has 0 heterocycles. The van der Waals surface area contributed by atoms with E-state index in [9.17, 15) is 8.42 Å². The summed E-state index contributed by atoms with van der Waals surface area (Å²) in [5, 5.41) is 0. The Hall–Kier alpha value is 0.600. The molecule has 6 heteroatoms. The maximum absolute atomic E-state index is 12.3. The molecule has 0 spiro atoms. The second-order valence-electron chi connectivity index (χ2n) is 9.29. The van der Waals surface area contributed by atoms with Crippen LogP contribution in [0.25, 0.3) is 4.72 Å². The lowest BCUT2D eigenvalue weighted by atomic mass is 10.1. The second kappa shape index (κ2) is 21.2. The first kappa shape index (κ1) is 33.8. The zero-order valence-corrected chi connectivity index (χ0v) is 24.7. The molecule has 0 aliphatic carbocycles. The summed E-state index contributed by atoms with van der Waals surface area (Å²) in [5.41, 5.74) is 0. The van der Waals surface area contributed by atoms with Crippen molar-refractivity contribution < 1.29 is 12.9 Å². The number of hydrogen-bond donors (Lipinski definition) is 0. The van der Waals surface area contributed by atoms with Crippen molar-refractivity contribution >= 4 is 34.0 Å². The molecule has 0 bridgehead atoms. The predicted octanol–water partition coefficient (Wildman–Crippen LogP) is 8.05. The highest BCUT2D eigenvalue weighted by molar-refractivity contribution is 14.0. The number of rotatable bonds is 22. The lowest BCUT2D eigenvalue weighted by Crippen LogP contribution is -2.48. The molecule has 0 aliphatic rings. The molecule has 0 amide bonds. The Labute approximate surface area is 213 Å². The minimum atomic E-state index is -3.27. The van der Waals surface area contributed by atoms with Crippen molar-refractivity contribution in [3.05, 3.63) is 4.72 Å². The van der Waals surface area contributed by atoms with Crippen LogP contribution >= 0.6 is 24.0 Å². The van der Waals surface area contributed by atoms with E-state index in [-0.39, 0.29) is 35.8 Å². The fourth-order valence-corrected chi connectivity index (χ4v) is 5.62. The van der Waals surface area contributed by atoms with Crippen molar-refractivity contribution in [2.24, 2.45) is 0 Å². The maximum atomic E-state index is 12.3. The van der Waals surface area contributed by atoms with Crippen LogP contribution in [0.4, 0.5) is 0 Å². The van der Waals surface area contributed by atoms with Gasteiger partial charge in [-0.25, -0.2) is 8.42 Å². The molecule has 31 heavy (non-hydrogen) atoms. The smallest absolute Gasteiger partial charge is 0.0772 e. The molecule has 0 rings (SSSR count). The molecule has 0 aromatic heterocycles. The van der Waals surface area contributed by atoms with Gasteiger partial charge in [-0.1, -0.05) is 90.9 Å². The SMILES string of the molecule is CCCCCCCCCCCCCCCS(=O)(=O)[N-]C(C)CC[N+](CC)(CC)CC.I. The van der Waals surface area contributed by atoms with Gasteiger partial charge in [0, 0.05) is 5.75 Å². The normalized spacial score (nSPS) is 13.2. The minimum absolute atomic E-state index is 0. The standard InChI is InChI=1S/C25H54N2O2S.HI/c1-6-10-11-12-13-14-15-16-17-18-19-20-21-24-30(28,29)26-25(5)22-23-27(7-2,8-3)9-4;/h25H,6-24H2,1-5H3;1H. The van der Waals surface area contributed by atoms with Crippen LogP contribution in [0.5, 0.6) is 0 Å². The van der Waals surface area contributed by atoms with Crippen molar-refractivity contribution in [2.45, 2.75) is 131 Å². The van der Waals surface area contributed by atoms with Crippen molar-refractivity contribution in [1.29, 1.82) is 0 Å². The lowest BCUT2D eigenvalue weighted by molar-refractivity contribution is -0.923. The van der Waals surface area contributed by atoms with Crippen molar-refractivity contribution in [3.8, 4) is 0 Å². The fourth-order valence-electron chi connectivity index (χ4n) is 4.29. The molecule has 0 saturated carbocycles. The van der Waals surface area contributed by atoms with Gasteiger partial charge in [0.15, 0.2) is 0 Å². The first-order valence-corrected chi connectivity index (χ1v) is 14.8. The molecule has 0 aromatic carbocycles. The molecule has 190 valence electrons. The third kappa shape index (κ3) is 18.7. The van der Waals surface area contributed by atoms with Crippen LogP contribution in [0.15, 0.2) is 0 Å². The number of nitrogens with zero attached hydrogens (tertiary/aromatic N) is 2. The molecule has 0 aliphatic heterocycles. The summed E-state index contributed by atoms with van der Waals surface area (Å²) in [5.74, 6) is 0.227. The van der Waals surface area contributed by atoms with Gasteiger partial charge in [-0.3, -0.25) is 0 Å². The highest BCUT2D eigenvalue weighted by Crippen LogP contribution is 2.18. The van der Waals surface area contributed by atoms with E-state index < -0.39 is 10.0 Å². The fraction of sp³-hybridized carbons (Fsp3) is 1.00. The molecule has 0 saturated heterocycles. The van der Waals surface area contributed by atoms with Crippen molar-refractivity contribution in [1.82, 2.24) is 0 Å². The Balaban J connectivity index is 0. The summed E-state index contributed by atoms with van der Waals surface area (Å²) in [6.07, 6.45) is 17.3. The maximum Gasteiger partial charge on any atom is 0.0772 e.